The van der Waals surface area contributed by atoms with Gasteiger partial charge in [-0.1, -0.05) is 6.92 Å². The highest BCUT2D eigenvalue weighted by Crippen LogP contribution is 2.38. The summed E-state index contributed by atoms with van der Waals surface area (Å²) in [5.74, 6) is 2.15. The average Bonchev–Trinajstić information content (AvgIpc) is 2.72. The lowest BCUT2D eigenvalue weighted by atomic mass is 10.0. The first kappa shape index (κ1) is 10.9. The first-order valence-corrected chi connectivity index (χ1v) is 6.08. The maximum atomic E-state index is 12.1. The van der Waals surface area contributed by atoms with Crippen molar-refractivity contribution in [3.63, 3.8) is 0 Å². The minimum Gasteiger partial charge on any atom is -0.345 e. The van der Waals surface area contributed by atoms with E-state index in [1.807, 2.05) is 11.9 Å². The van der Waals surface area contributed by atoms with Crippen LogP contribution in [0.15, 0.2) is 0 Å². The summed E-state index contributed by atoms with van der Waals surface area (Å²) in [5.41, 5.74) is 0. The Labute approximate surface area is 92.2 Å². The molecule has 3 heteroatoms. The Kier molecular flexibility index (Phi) is 3.01. The van der Waals surface area contributed by atoms with Crippen molar-refractivity contribution in [3.05, 3.63) is 0 Å². The lowest BCUT2D eigenvalue weighted by Crippen LogP contribution is -2.39. The molecule has 0 spiro atoms. The number of rotatable bonds is 3. The zero-order valence-electron chi connectivity index (χ0n) is 9.99. The second kappa shape index (κ2) is 4.12. The minimum atomic E-state index is 0.212. The number of hydrogen-bond donors (Lipinski definition) is 1. The van der Waals surface area contributed by atoms with Gasteiger partial charge < -0.3 is 10.2 Å². The van der Waals surface area contributed by atoms with Gasteiger partial charge in [0.1, 0.15) is 0 Å². The Morgan fingerprint density at radius 2 is 2.13 bits per heavy atom. The van der Waals surface area contributed by atoms with Crippen molar-refractivity contribution in [2.75, 3.05) is 20.1 Å². The molecule has 4 atom stereocenters. The van der Waals surface area contributed by atoms with Gasteiger partial charge in [0.05, 0.1) is 5.92 Å². The van der Waals surface area contributed by atoms with E-state index in [0.29, 0.717) is 11.9 Å². The van der Waals surface area contributed by atoms with Crippen LogP contribution in [-0.2, 0) is 4.79 Å². The van der Waals surface area contributed by atoms with E-state index in [4.69, 9.17) is 0 Å². The van der Waals surface area contributed by atoms with Crippen LogP contribution in [0.4, 0.5) is 0 Å². The van der Waals surface area contributed by atoms with E-state index >= 15 is 0 Å². The van der Waals surface area contributed by atoms with Crippen LogP contribution in [0.25, 0.3) is 0 Å². The normalized spacial score (nSPS) is 39.1. The Hall–Kier alpha value is -0.570. The number of hydrogen-bond acceptors (Lipinski definition) is 2. The lowest BCUT2D eigenvalue weighted by Gasteiger charge is -2.23. The smallest absolute Gasteiger partial charge is 0.227 e. The minimum absolute atomic E-state index is 0.212. The molecular formula is C12H22N2O. The number of nitrogens with one attached hydrogen (secondary N) is 1. The summed E-state index contributed by atoms with van der Waals surface area (Å²) in [6, 6.07) is 0.358. The van der Waals surface area contributed by atoms with E-state index in [1.54, 1.807) is 0 Å². The van der Waals surface area contributed by atoms with Crippen molar-refractivity contribution in [1.29, 1.82) is 0 Å². The highest BCUT2D eigenvalue weighted by molar-refractivity contribution is 5.79. The maximum absolute atomic E-state index is 12.1. The molecule has 0 radical (unpaired) electrons. The zero-order valence-corrected chi connectivity index (χ0v) is 9.99. The molecule has 15 heavy (non-hydrogen) atoms. The molecule has 1 heterocycles. The molecule has 1 aliphatic heterocycles. The van der Waals surface area contributed by atoms with Crippen molar-refractivity contribution < 1.29 is 4.79 Å². The van der Waals surface area contributed by atoms with Crippen molar-refractivity contribution >= 4 is 5.91 Å². The van der Waals surface area contributed by atoms with Crippen LogP contribution < -0.4 is 5.32 Å². The zero-order chi connectivity index (χ0) is 11.0. The molecule has 3 nitrogen and oxygen atoms in total. The highest BCUT2D eigenvalue weighted by atomic mass is 16.2. The first-order chi connectivity index (χ1) is 7.09. The average molecular weight is 210 g/mol. The Balaban J connectivity index is 1.83. The fourth-order valence-corrected chi connectivity index (χ4v) is 2.57. The van der Waals surface area contributed by atoms with Gasteiger partial charge in [0.15, 0.2) is 0 Å². The molecule has 86 valence electrons. The van der Waals surface area contributed by atoms with Gasteiger partial charge in [-0.05, 0) is 38.1 Å². The molecule has 0 aromatic heterocycles. The third kappa shape index (κ3) is 2.33. The predicted octanol–water partition coefficient (Wildman–Crippen LogP) is 1.10. The van der Waals surface area contributed by atoms with Crippen LogP contribution >= 0.6 is 0 Å². The molecule has 4 unspecified atom stereocenters. The molecule has 1 saturated heterocycles. The quantitative estimate of drug-likeness (QED) is 0.756. The molecule has 1 amide bonds. The van der Waals surface area contributed by atoms with Gasteiger partial charge in [0.25, 0.3) is 0 Å². The summed E-state index contributed by atoms with van der Waals surface area (Å²) in [4.78, 5) is 14.1. The van der Waals surface area contributed by atoms with Crippen molar-refractivity contribution in [1.82, 2.24) is 10.2 Å². The van der Waals surface area contributed by atoms with E-state index < -0.39 is 0 Å². The summed E-state index contributed by atoms with van der Waals surface area (Å²) >= 11 is 0. The van der Waals surface area contributed by atoms with Crippen molar-refractivity contribution in [2.24, 2.45) is 17.8 Å². The van der Waals surface area contributed by atoms with E-state index in [-0.39, 0.29) is 5.92 Å². The Morgan fingerprint density at radius 3 is 2.60 bits per heavy atom. The fraction of sp³-hybridized carbons (Fsp3) is 0.917. The van der Waals surface area contributed by atoms with Crippen LogP contribution in [0.5, 0.6) is 0 Å². The van der Waals surface area contributed by atoms with Crippen LogP contribution in [0, 0.1) is 17.8 Å². The SMILES string of the molecule is CC1CC1CN(C)C(=O)C1CCNC1C. The number of carbonyl (C=O) groups is 1. The molecule has 0 aromatic carbocycles. The molecule has 1 aliphatic carbocycles. The summed E-state index contributed by atoms with van der Waals surface area (Å²) in [6.07, 6.45) is 2.31. The van der Waals surface area contributed by atoms with E-state index in [1.165, 1.54) is 6.42 Å². The van der Waals surface area contributed by atoms with Gasteiger partial charge in [0.2, 0.25) is 5.91 Å². The predicted molar refractivity (Wildman–Crippen MR) is 60.5 cm³/mol. The van der Waals surface area contributed by atoms with Gasteiger partial charge in [-0.15, -0.1) is 0 Å². The third-order valence-electron chi connectivity index (χ3n) is 4.00. The summed E-state index contributed by atoms with van der Waals surface area (Å²) in [5, 5.41) is 3.34. The molecule has 0 bridgehead atoms. The van der Waals surface area contributed by atoms with Crippen molar-refractivity contribution in [3.8, 4) is 0 Å². The van der Waals surface area contributed by atoms with Crippen LogP contribution in [0.2, 0.25) is 0 Å². The van der Waals surface area contributed by atoms with E-state index in [2.05, 4.69) is 19.2 Å². The largest absolute Gasteiger partial charge is 0.345 e. The van der Waals surface area contributed by atoms with Gasteiger partial charge >= 0.3 is 0 Å². The molecule has 1 N–H and O–H groups in total. The van der Waals surface area contributed by atoms with Gasteiger partial charge in [-0.2, -0.15) is 0 Å². The monoisotopic (exact) mass is 210 g/mol. The number of carbonyl (C=O) groups excluding carboxylic acids is 1. The van der Waals surface area contributed by atoms with Crippen LogP contribution in [0.3, 0.4) is 0 Å². The molecule has 2 rings (SSSR count). The maximum Gasteiger partial charge on any atom is 0.227 e. The van der Waals surface area contributed by atoms with Gasteiger partial charge in [-0.25, -0.2) is 0 Å². The van der Waals surface area contributed by atoms with E-state index in [0.717, 1.165) is 31.3 Å². The van der Waals surface area contributed by atoms with Gasteiger partial charge in [-0.3, -0.25) is 4.79 Å². The van der Waals surface area contributed by atoms with E-state index in [9.17, 15) is 4.79 Å². The van der Waals surface area contributed by atoms with Crippen LogP contribution in [0.1, 0.15) is 26.7 Å². The second-order valence-corrected chi connectivity index (χ2v) is 5.33. The van der Waals surface area contributed by atoms with Crippen LogP contribution in [-0.4, -0.2) is 37.0 Å². The molecule has 1 saturated carbocycles. The highest BCUT2D eigenvalue weighted by Gasteiger charge is 2.37. The van der Waals surface area contributed by atoms with Gasteiger partial charge in [0, 0.05) is 19.6 Å². The topological polar surface area (TPSA) is 32.3 Å². The summed E-state index contributed by atoms with van der Waals surface area (Å²) in [7, 11) is 1.96. The second-order valence-electron chi connectivity index (χ2n) is 5.33. The number of amides is 1. The fourth-order valence-electron chi connectivity index (χ4n) is 2.57. The van der Waals surface area contributed by atoms with Crippen molar-refractivity contribution in [2.45, 2.75) is 32.7 Å². The first-order valence-electron chi connectivity index (χ1n) is 6.08. The summed E-state index contributed by atoms with van der Waals surface area (Å²) in [6.45, 7) is 6.33. The lowest BCUT2D eigenvalue weighted by molar-refractivity contribution is -0.134. The number of nitrogens with zero attached hydrogens (tertiary/aromatic N) is 1. The Morgan fingerprint density at radius 1 is 1.47 bits per heavy atom. The third-order valence-corrected chi connectivity index (χ3v) is 4.00. The molecule has 2 aliphatic rings. The molecule has 0 aromatic rings. The molecule has 2 fully saturated rings. The summed E-state index contributed by atoms with van der Waals surface area (Å²) < 4.78 is 0. The molecular weight excluding hydrogens is 188 g/mol. The standard InChI is InChI=1S/C12H22N2O/c1-8-6-10(8)7-14(3)12(15)11-4-5-13-9(11)2/h8-11,13H,4-7H2,1-3H3. The Bertz CT molecular complexity index is 254.